The Morgan fingerprint density at radius 2 is 1.81 bits per heavy atom. The number of benzene rings is 2. The molecule has 8 nitrogen and oxygen atoms in total. The molecule has 1 aliphatic carbocycles. The van der Waals surface area contributed by atoms with Crippen molar-refractivity contribution in [2.45, 2.75) is 30.7 Å². The summed E-state index contributed by atoms with van der Waals surface area (Å²) in [5.41, 5.74) is 1.13. The van der Waals surface area contributed by atoms with Gasteiger partial charge in [0.1, 0.15) is 0 Å². The molecule has 1 saturated carbocycles. The van der Waals surface area contributed by atoms with Gasteiger partial charge in [0.2, 0.25) is 10.0 Å². The van der Waals surface area contributed by atoms with Gasteiger partial charge in [0.25, 0.3) is 11.6 Å². The minimum absolute atomic E-state index is 0.000165. The zero-order valence-electron chi connectivity index (χ0n) is 13.9. The summed E-state index contributed by atoms with van der Waals surface area (Å²) in [6.07, 6.45) is 1.67. The van der Waals surface area contributed by atoms with Crippen LogP contribution in [0.4, 0.5) is 11.4 Å². The molecule has 0 atom stereocenters. The van der Waals surface area contributed by atoms with Gasteiger partial charge in [-0.05, 0) is 49.6 Å². The monoisotopic (exact) mass is 375 g/mol. The van der Waals surface area contributed by atoms with E-state index in [0.29, 0.717) is 11.3 Å². The van der Waals surface area contributed by atoms with E-state index in [1.807, 2.05) is 0 Å². The van der Waals surface area contributed by atoms with Crippen LogP contribution in [-0.4, -0.2) is 25.3 Å². The number of sulfonamides is 1. The van der Waals surface area contributed by atoms with Gasteiger partial charge < -0.3 is 5.32 Å². The molecule has 2 aromatic carbocycles. The molecule has 1 amide bonds. The number of amides is 1. The third kappa shape index (κ3) is 4.06. The Morgan fingerprint density at radius 1 is 1.15 bits per heavy atom. The number of nitrogens with one attached hydrogen (secondary N) is 2. The van der Waals surface area contributed by atoms with Crippen molar-refractivity contribution < 1.29 is 18.1 Å². The fourth-order valence-corrected chi connectivity index (χ4v) is 3.63. The minimum atomic E-state index is -3.58. The summed E-state index contributed by atoms with van der Waals surface area (Å²) in [5, 5.41) is 13.5. The number of carbonyl (C=O) groups is 1. The molecule has 0 unspecified atom stereocenters. The van der Waals surface area contributed by atoms with E-state index in [-0.39, 0.29) is 22.2 Å². The maximum atomic E-state index is 12.4. The summed E-state index contributed by atoms with van der Waals surface area (Å²) < 4.78 is 26.8. The molecule has 0 radical (unpaired) electrons. The van der Waals surface area contributed by atoms with Crippen molar-refractivity contribution in [2.75, 3.05) is 5.32 Å². The third-order valence-electron chi connectivity index (χ3n) is 4.01. The lowest BCUT2D eigenvalue weighted by molar-refractivity contribution is -0.384. The van der Waals surface area contributed by atoms with E-state index in [0.717, 1.165) is 12.8 Å². The van der Waals surface area contributed by atoms with E-state index in [4.69, 9.17) is 0 Å². The Labute approximate surface area is 150 Å². The normalized spacial score (nSPS) is 14.0. The molecule has 1 fully saturated rings. The smallest absolute Gasteiger partial charge is 0.271 e. The molecule has 0 heterocycles. The summed E-state index contributed by atoms with van der Waals surface area (Å²) in [6.45, 7) is 1.72. The Balaban J connectivity index is 1.76. The second kappa shape index (κ2) is 6.85. The predicted octanol–water partition coefficient (Wildman–Crippen LogP) is 2.60. The highest BCUT2D eigenvalue weighted by Crippen LogP contribution is 2.24. The van der Waals surface area contributed by atoms with Crippen LogP contribution in [0, 0.1) is 17.0 Å². The SMILES string of the molecule is Cc1ccc([N+](=O)[O-])cc1NC(=O)c1ccc(S(=O)(=O)NC2CC2)cc1. The highest BCUT2D eigenvalue weighted by atomic mass is 32.2. The maximum Gasteiger partial charge on any atom is 0.271 e. The average molecular weight is 375 g/mol. The number of hydrogen-bond acceptors (Lipinski definition) is 5. The number of nitrogens with zero attached hydrogens (tertiary/aromatic N) is 1. The summed E-state index contributed by atoms with van der Waals surface area (Å²) in [6, 6.07) is 9.72. The van der Waals surface area contributed by atoms with Crippen molar-refractivity contribution in [1.29, 1.82) is 0 Å². The zero-order chi connectivity index (χ0) is 18.9. The number of rotatable bonds is 6. The van der Waals surface area contributed by atoms with E-state index < -0.39 is 20.9 Å². The molecule has 1 aliphatic rings. The lowest BCUT2D eigenvalue weighted by Crippen LogP contribution is -2.25. The van der Waals surface area contributed by atoms with Crippen molar-refractivity contribution in [3.05, 3.63) is 63.7 Å². The van der Waals surface area contributed by atoms with Gasteiger partial charge in [0, 0.05) is 23.7 Å². The quantitative estimate of drug-likeness (QED) is 0.594. The molecule has 0 spiro atoms. The van der Waals surface area contributed by atoms with Gasteiger partial charge in [-0.1, -0.05) is 6.07 Å². The molecule has 0 saturated heterocycles. The second-order valence-electron chi connectivity index (χ2n) is 6.13. The van der Waals surface area contributed by atoms with Gasteiger partial charge in [-0.25, -0.2) is 13.1 Å². The van der Waals surface area contributed by atoms with Gasteiger partial charge in [-0.2, -0.15) is 0 Å². The topological polar surface area (TPSA) is 118 Å². The van der Waals surface area contributed by atoms with Gasteiger partial charge in [0.15, 0.2) is 0 Å². The predicted molar refractivity (Wildman–Crippen MR) is 95.6 cm³/mol. The first-order valence-corrected chi connectivity index (χ1v) is 9.43. The van der Waals surface area contributed by atoms with Gasteiger partial charge in [-0.15, -0.1) is 0 Å². The highest BCUT2D eigenvalue weighted by Gasteiger charge is 2.28. The molecule has 26 heavy (non-hydrogen) atoms. The van der Waals surface area contributed by atoms with Crippen molar-refractivity contribution in [3.63, 3.8) is 0 Å². The van der Waals surface area contributed by atoms with Crippen LogP contribution in [0.2, 0.25) is 0 Å². The standard InChI is InChI=1S/C17H17N3O5S/c1-11-2-7-14(20(22)23)10-16(11)18-17(21)12-3-8-15(9-4-12)26(24,25)19-13-5-6-13/h2-4,7-10,13,19H,5-6H2,1H3,(H,18,21). The van der Waals surface area contributed by atoms with Crippen LogP contribution in [0.25, 0.3) is 0 Å². The Morgan fingerprint density at radius 3 is 2.38 bits per heavy atom. The lowest BCUT2D eigenvalue weighted by atomic mass is 10.1. The van der Waals surface area contributed by atoms with E-state index >= 15 is 0 Å². The molecule has 0 aliphatic heterocycles. The molecule has 2 N–H and O–H groups in total. The number of aryl methyl sites for hydroxylation is 1. The summed E-state index contributed by atoms with van der Waals surface area (Å²) in [4.78, 5) is 22.8. The van der Waals surface area contributed by atoms with Crippen LogP contribution in [0.5, 0.6) is 0 Å². The molecule has 0 aromatic heterocycles. The highest BCUT2D eigenvalue weighted by molar-refractivity contribution is 7.89. The Kier molecular flexibility index (Phi) is 4.75. The lowest BCUT2D eigenvalue weighted by Gasteiger charge is -2.09. The van der Waals surface area contributed by atoms with Crippen molar-refractivity contribution in [3.8, 4) is 0 Å². The van der Waals surface area contributed by atoms with E-state index in [1.54, 1.807) is 13.0 Å². The third-order valence-corrected chi connectivity index (χ3v) is 5.54. The zero-order valence-corrected chi connectivity index (χ0v) is 14.7. The summed E-state index contributed by atoms with van der Waals surface area (Å²) in [5.74, 6) is -0.479. The van der Waals surface area contributed by atoms with E-state index in [1.165, 1.54) is 36.4 Å². The molecule has 9 heteroatoms. The molecule has 136 valence electrons. The first-order chi connectivity index (χ1) is 12.3. The Bertz CT molecular complexity index is 966. The van der Waals surface area contributed by atoms with Crippen molar-refractivity contribution >= 4 is 27.3 Å². The Hall–Kier alpha value is -2.78. The molecule has 2 aromatic rings. The summed E-state index contributed by atoms with van der Waals surface area (Å²) >= 11 is 0. The maximum absolute atomic E-state index is 12.4. The van der Waals surface area contributed by atoms with Crippen molar-refractivity contribution in [2.24, 2.45) is 0 Å². The fourth-order valence-electron chi connectivity index (χ4n) is 2.33. The first kappa shape index (κ1) is 18.0. The summed E-state index contributed by atoms with van der Waals surface area (Å²) in [7, 11) is -3.58. The van der Waals surface area contributed by atoms with E-state index in [9.17, 15) is 23.3 Å². The van der Waals surface area contributed by atoms with E-state index in [2.05, 4.69) is 10.0 Å². The largest absolute Gasteiger partial charge is 0.321 e. The van der Waals surface area contributed by atoms with Gasteiger partial charge in [-0.3, -0.25) is 14.9 Å². The molecule has 3 rings (SSSR count). The number of carbonyl (C=O) groups excluding carboxylic acids is 1. The van der Waals surface area contributed by atoms with Crippen LogP contribution in [0.1, 0.15) is 28.8 Å². The number of hydrogen-bond donors (Lipinski definition) is 2. The molecular weight excluding hydrogens is 358 g/mol. The van der Waals surface area contributed by atoms with Crippen LogP contribution >= 0.6 is 0 Å². The fraction of sp³-hybridized carbons (Fsp3) is 0.235. The van der Waals surface area contributed by atoms with Crippen LogP contribution in [0.15, 0.2) is 47.4 Å². The number of anilines is 1. The van der Waals surface area contributed by atoms with Gasteiger partial charge >= 0.3 is 0 Å². The average Bonchev–Trinajstić information content (AvgIpc) is 3.40. The molecular formula is C17H17N3O5S. The number of nitro benzene ring substituents is 1. The van der Waals surface area contributed by atoms with Crippen LogP contribution in [-0.2, 0) is 10.0 Å². The van der Waals surface area contributed by atoms with Crippen LogP contribution < -0.4 is 10.0 Å². The van der Waals surface area contributed by atoms with Gasteiger partial charge in [0.05, 0.1) is 15.5 Å². The van der Waals surface area contributed by atoms with Crippen LogP contribution in [0.3, 0.4) is 0 Å². The van der Waals surface area contributed by atoms with Crippen molar-refractivity contribution in [1.82, 2.24) is 4.72 Å². The molecule has 0 bridgehead atoms. The first-order valence-electron chi connectivity index (χ1n) is 7.95. The second-order valence-corrected chi connectivity index (χ2v) is 7.84. The number of non-ortho nitro benzene ring substituents is 1. The minimum Gasteiger partial charge on any atom is -0.321 e. The number of nitro groups is 1.